The van der Waals surface area contributed by atoms with Gasteiger partial charge < -0.3 is 87.8 Å². The van der Waals surface area contributed by atoms with E-state index in [0.29, 0.717) is 11.4 Å². The maximum absolute atomic E-state index is 14.1. The van der Waals surface area contributed by atoms with Crippen LogP contribution < -0.4 is 77.9 Å². The Labute approximate surface area is 425 Å². The Bertz CT molecular complexity index is 3010. The molecule has 0 fully saturated rings. The summed E-state index contributed by atoms with van der Waals surface area (Å²) < 4.78 is 38.4. The number of aliphatic hydroxyl groups is 1. The van der Waals surface area contributed by atoms with Crippen molar-refractivity contribution in [2.75, 3.05) is 100 Å². The summed E-state index contributed by atoms with van der Waals surface area (Å²) in [5, 5.41) is 25.7. The summed E-state index contributed by atoms with van der Waals surface area (Å²) in [5.41, 5.74) is 25.0. The number of carbonyl (C=O) groups is 5. The molecule has 1 atom stereocenters. The Morgan fingerprint density at radius 1 is 0.446 bits per heavy atom. The van der Waals surface area contributed by atoms with Crippen LogP contribution in [0, 0.1) is 0 Å². The first-order chi connectivity index (χ1) is 35.7. The van der Waals surface area contributed by atoms with Crippen LogP contribution in [0.4, 0.5) is 34.1 Å². The predicted octanol–water partition coefficient (Wildman–Crippen LogP) is 5.21. The number of methoxy groups -OCH3 is 4. The Morgan fingerprint density at radius 2 is 0.784 bits per heavy atom. The fourth-order valence-corrected chi connectivity index (χ4v) is 7.27. The predicted molar refractivity (Wildman–Crippen MR) is 278 cm³/mol. The van der Waals surface area contributed by atoms with Gasteiger partial charge in [0.25, 0.3) is 23.6 Å². The summed E-state index contributed by atoms with van der Waals surface area (Å²) in [4.78, 5) is 67.6. The Hall–Kier alpha value is -9.09. The number of anilines is 6. The molecule has 0 saturated carbocycles. The zero-order chi connectivity index (χ0) is 53.3. The van der Waals surface area contributed by atoms with Crippen LogP contribution in [-0.4, -0.2) is 103 Å². The summed E-state index contributed by atoms with van der Waals surface area (Å²) in [7, 11) is 5.42. The van der Waals surface area contributed by atoms with E-state index in [2.05, 4.69) is 26.6 Å². The molecule has 0 heterocycles. The van der Waals surface area contributed by atoms with Crippen molar-refractivity contribution in [1.29, 1.82) is 0 Å². The van der Waals surface area contributed by atoms with Crippen molar-refractivity contribution in [1.82, 2.24) is 0 Å². The number of hydrogen-bond donors (Lipinski definition) is 10. The fourth-order valence-electron chi connectivity index (χ4n) is 7.27. The molecule has 0 spiro atoms. The molecule has 388 valence electrons. The molecule has 0 aliphatic heterocycles. The van der Waals surface area contributed by atoms with E-state index in [9.17, 15) is 29.1 Å². The van der Waals surface area contributed by atoms with E-state index < -0.39 is 35.8 Å². The lowest BCUT2D eigenvalue weighted by Gasteiger charge is -2.20. The van der Waals surface area contributed by atoms with Crippen LogP contribution in [0.2, 0.25) is 0 Å². The molecule has 6 rings (SSSR count). The number of hydrogen-bond acceptors (Lipinski definition) is 18. The molecule has 74 heavy (non-hydrogen) atoms. The van der Waals surface area contributed by atoms with Gasteiger partial charge in [0.2, 0.25) is 0 Å². The average Bonchev–Trinajstić information content (AvgIpc) is 3.41. The SMILES string of the molecule is COC(=O)c1cc(NC(=O)c2cc(NC(=O)c3cc(NC(O)c4cc(NC(=O)c5cc(NC(=O)c6cc(N)ccc6OC)ccc5OCCN)ccc4OC)ccc3OCCN)ccc2OC)ccc1OCCN. The van der Waals surface area contributed by atoms with E-state index in [1.807, 2.05) is 0 Å². The number of carbonyl (C=O) groups excluding carboxylic acids is 5. The zero-order valence-corrected chi connectivity index (χ0v) is 40.9. The van der Waals surface area contributed by atoms with E-state index in [0.717, 1.165) is 0 Å². The normalized spacial score (nSPS) is 11.0. The number of esters is 1. The molecule has 22 nitrogen and oxygen atoms in total. The molecule has 0 aliphatic carbocycles. The van der Waals surface area contributed by atoms with Crippen molar-refractivity contribution in [3.05, 3.63) is 143 Å². The number of benzene rings is 6. The number of rotatable bonds is 24. The second-order valence-electron chi connectivity index (χ2n) is 15.7. The van der Waals surface area contributed by atoms with Crippen LogP contribution in [0.1, 0.15) is 63.6 Å². The van der Waals surface area contributed by atoms with Crippen LogP contribution in [0.5, 0.6) is 34.5 Å². The van der Waals surface area contributed by atoms with Gasteiger partial charge in [-0.05, 0) is 109 Å². The van der Waals surface area contributed by atoms with Crippen LogP contribution in [-0.2, 0) is 4.74 Å². The third kappa shape index (κ3) is 13.6. The van der Waals surface area contributed by atoms with Crippen molar-refractivity contribution in [2.24, 2.45) is 17.2 Å². The number of amides is 4. The molecule has 0 bridgehead atoms. The van der Waals surface area contributed by atoms with Gasteiger partial charge in [-0.3, -0.25) is 19.2 Å². The molecular weight excluding hydrogens is 959 g/mol. The second-order valence-corrected chi connectivity index (χ2v) is 15.7. The Morgan fingerprint density at radius 3 is 1.22 bits per heavy atom. The Balaban J connectivity index is 1.21. The minimum Gasteiger partial charge on any atom is -0.496 e. The van der Waals surface area contributed by atoms with Gasteiger partial charge in [0, 0.05) is 59.3 Å². The molecule has 0 saturated heterocycles. The van der Waals surface area contributed by atoms with Gasteiger partial charge in [0.05, 0.1) is 50.7 Å². The highest BCUT2D eigenvalue weighted by molar-refractivity contribution is 6.11. The lowest BCUT2D eigenvalue weighted by Crippen LogP contribution is -2.19. The first-order valence-corrected chi connectivity index (χ1v) is 22.7. The highest BCUT2D eigenvalue weighted by Crippen LogP contribution is 2.34. The summed E-state index contributed by atoms with van der Waals surface area (Å²) in [6, 6.07) is 27.1. The van der Waals surface area contributed by atoms with Crippen molar-refractivity contribution in [3.63, 3.8) is 0 Å². The molecule has 0 radical (unpaired) electrons. The van der Waals surface area contributed by atoms with Gasteiger partial charge in [-0.15, -0.1) is 0 Å². The van der Waals surface area contributed by atoms with Gasteiger partial charge in [0.1, 0.15) is 59.9 Å². The van der Waals surface area contributed by atoms with Gasteiger partial charge in [-0.1, -0.05) is 0 Å². The molecular formula is C52H57N9O13. The number of nitrogens with two attached hydrogens (primary N) is 4. The lowest BCUT2D eigenvalue weighted by atomic mass is 10.1. The molecule has 1 unspecified atom stereocenters. The first kappa shape index (κ1) is 54.2. The van der Waals surface area contributed by atoms with E-state index in [4.69, 9.17) is 56.1 Å². The minimum absolute atomic E-state index is 0.0239. The molecule has 6 aromatic carbocycles. The maximum Gasteiger partial charge on any atom is 0.341 e. The smallest absolute Gasteiger partial charge is 0.341 e. The lowest BCUT2D eigenvalue weighted by molar-refractivity contribution is 0.0595. The summed E-state index contributed by atoms with van der Waals surface area (Å²) in [6.45, 7) is 0.802. The molecule has 22 heteroatoms. The van der Waals surface area contributed by atoms with Crippen LogP contribution in [0.25, 0.3) is 0 Å². The molecule has 0 aromatic heterocycles. The quantitative estimate of drug-likeness (QED) is 0.0211. The summed E-state index contributed by atoms with van der Waals surface area (Å²) in [6.07, 6.45) is -1.49. The number of ether oxygens (including phenoxy) is 7. The van der Waals surface area contributed by atoms with Gasteiger partial charge >= 0.3 is 5.97 Å². The summed E-state index contributed by atoms with van der Waals surface area (Å²) >= 11 is 0. The minimum atomic E-state index is -1.49. The highest BCUT2D eigenvalue weighted by atomic mass is 16.5. The third-order valence-electron chi connectivity index (χ3n) is 10.7. The fraction of sp³-hybridized carbons (Fsp3) is 0.212. The largest absolute Gasteiger partial charge is 0.496 e. The number of aliphatic hydroxyl groups excluding tert-OH is 1. The molecule has 14 N–H and O–H groups in total. The zero-order valence-electron chi connectivity index (χ0n) is 40.9. The van der Waals surface area contributed by atoms with Gasteiger partial charge in [-0.25, -0.2) is 4.79 Å². The van der Waals surface area contributed by atoms with Crippen molar-refractivity contribution in [3.8, 4) is 34.5 Å². The van der Waals surface area contributed by atoms with E-state index in [-0.39, 0.29) is 130 Å². The second kappa shape index (κ2) is 25.9. The summed E-state index contributed by atoms with van der Waals surface area (Å²) in [5.74, 6) is -1.88. The molecule has 4 amide bonds. The van der Waals surface area contributed by atoms with Crippen LogP contribution in [0.15, 0.2) is 109 Å². The van der Waals surface area contributed by atoms with Gasteiger partial charge in [0.15, 0.2) is 6.23 Å². The average molecular weight is 1020 g/mol. The van der Waals surface area contributed by atoms with E-state index in [1.165, 1.54) is 107 Å². The van der Waals surface area contributed by atoms with Crippen LogP contribution >= 0.6 is 0 Å². The van der Waals surface area contributed by atoms with E-state index in [1.54, 1.807) is 30.3 Å². The highest BCUT2D eigenvalue weighted by Gasteiger charge is 2.23. The third-order valence-corrected chi connectivity index (χ3v) is 10.7. The van der Waals surface area contributed by atoms with Crippen LogP contribution in [0.3, 0.4) is 0 Å². The van der Waals surface area contributed by atoms with Crippen molar-refractivity contribution >= 4 is 63.7 Å². The van der Waals surface area contributed by atoms with E-state index >= 15 is 0 Å². The maximum atomic E-state index is 14.1. The van der Waals surface area contributed by atoms with Crippen molar-refractivity contribution in [2.45, 2.75) is 6.23 Å². The monoisotopic (exact) mass is 1020 g/mol. The standard InChI is InChI=1S/C52H57N9O13/c1-68-41-11-5-29(56)23-35(41)47(62)57-32-8-14-44(72-20-17-53)38(26-32)50(65)59-30-6-12-42(69-2)36(24-30)48(63)58-33-9-15-45(73-21-18-54)39(27-33)51(66)60-31-7-13-43(70-3)37(25-31)49(64)61-34-10-16-46(74-22-19-55)40(28-34)52(67)71-4/h5-16,23-28,48,58,63H,17-22,53-56H2,1-4H3,(H,57,62)(H,59,65)(H,60,66)(H,61,64). The topological polar surface area (TPSA) is 334 Å². The molecule has 6 aromatic rings. The Kier molecular flexibility index (Phi) is 19.0. The first-order valence-electron chi connectivity index (χ1n) is 22.7. The number of nitrogens with one attached hydrogen (secondary N) is 5. The number of nitrogen functional groups attached to an aromatic ring is 1. The molecule has 0 aliphatic rings. The van der Waals surface area contributed by atoms with Gasteiger partial charge in [-0.2, -0.15) is 0 Å². The van der Waals surface area contributed by atoms with Crippen molar-refractivity contribution < 1.29 is 62.2 Å².